The molecule has 2 N–H and O–H groups in total. The molecule has 6 nitrogen and oxygen atoms in total. The summed E-state index contributed by atoms with van der Waals surface area (Å²) >= 11 is 0. The number of nitrogens with one attached hydrogen (secondary N) is 2. The predicted molar refractivity (Wildman–Crippen MR) is 136 cm³/mol. The van der Waals surface area contributed by atoms with E-state index in [1.165, 1.54) is 0 Å². The number of unbranched alkanes of at least 4 members (excludes halogenated alkanes) is 2. The maximum atomic E-state index is 12.7. The van der Waals surface area contributed by atoms with Gasteiger partial charge in [-0.3, -0.25) is 9.59 Å². The lowest BCUT2D eigenvalue weighted by molar-refractivity contribution is -0.125. The van der Waals surface area contributed by atoms with Gasteiger partial charge in [-0.15, -0.1) is 0 Å². The molecule has 0 atom stereocenters. The van der Waals surface area contributed by atoms with Crippen molar-refractivity contribution in [3.05, 3.63) is 48.5 Å². The van der Waals surface area contributed by atoms with Crippen molar-refractivity contribution in [3.8, 4) is 11.5 Å². The molecule has 0 radical (unpaired) electrons. The second-order valence-corrected chi connectivity index (χ2v) is 8.98. The van der Waals surface area contributed by atoms with E-state index >= 15 is 0 Å². The van der Waals surface area contributed by atoms with Gasteiger partial charge in [0.2, 0.25) is 11.8 Å². The van der Waals surface area contributed by atoms with Gasteiger partial charge in [-0.25, -0.2) is 0 Å². The molecule has 0 saturated heterocycles. The molecule has 0 bridgehead atoms. The molecule has 1 saturated carbocycles. The van der Waals surface area contributed by atoms with Gasteiger partial charge < -0.3 is 20.1 Å². The number of ether oxygens (including phenoxy) is 2. The highest BCUT2D eigenvalue weighted by Crippen LogP contribution is 2.31. The Morgan fingerprint density at radius 2 is 1.03 bits per heavy atom. The molecule has 0 aromatic heterocycles. The van der Waals surface area contributed by atoms with E-state index in [4.69, 9.17) is 9.47 Å². The number of amides is 2. The highest BCUT2D eigenvalue weighted by molar-refractivity contribution is 5.94. The molecule has 2 amide bonds. The van der Waals surface area contributed by atoms with Crippen molar-refractivity contribution >= 4 is 23.2 Å². The molecule has 6 heteroatoms. The summed E-state index contributed by atoms with van der Waals surface area (Å²) in [4.78, 5) is 25.4. The lowest BCUT2D eigenvalue weighted by Gasteiger charge is -2.27. The van der Waals surface area contributed by atoms with Crippen LogP contribution in [0.25, 0.3) is 0 Å². The van der Waals surface area contributed by atoms with Crippen LogP contribution in [0.2, 0.25) is 0 Å². The number of hydrogen-bond donors (Lipinski definition) is 2. The van der Waals surface area contributed by atoms with E-state index in [-0.39, 0.29) is 23.7 Å². The molecular formula is C28H38N2O4. The predicted octanol–water partition coefficient (Wildman–Crippen LogP) is 6.43. The zero-order valence-corrected chi connectivity index (χ0v) is 20.5. The van der Waals surface area contributed by atoms with Gasteiger partial charge in [0, 0.05) is 23.2 Å². The first kappa shape index (κ1) is 25.6. The molecule has 2 aromatic rings. The minimum absolute atomic E-state index is 0.0252. The standard InChI is InChI=1S/C28H38N2O4/c1-3-5-19-33-25-15-11-23(12-16-25)29-27(31)21-7-9-22(10-8-21)28(32)30-24-13-17-26(18-14-24)34-20-6-4-2/h11-18,21-22H,3-10,19-20H2,1-2H3,(H,29,31)(H,30,32). The average Bonchev–Trinajstić information content (AvgIpc) is 2.86. The van der Waals surface area contributed by atoms with Crippen LogP contribution in [0.4, 0.5) is 11.4 Å². The fourth-order valence-corrected chi connectivity index (χ4v) is 4.04. The van der Waals surface area contributed by atoms with Gasteiger partial charge in [-0.2, -0.15) is 0 Å². The largest absolute Gasteiger partial charge is 0.494 e. The van der Waals surface area contributed by atoms with Gasteiger partial charge in [-0.05, 0) is 87.1 Å². The van der Waals surface area contributed by atoms with Crippen LogP contribution in [0.5, 0.6) is 11.5 Å². The van der Waals surface area contributed by atoms with Crippen LogP contribution in [0.3, 0.4) is 0 Å². The molecule has 0 aliphatic heterocycles. The first-order valence-corrected chi connectivity index (χ1v) is 12.7. The molecule has 0 heterocycles. The van der Waals surface area contributed by atoms with Crippen molar-refractivity contribution in [2.75, 3.05) is 23.8 Å². The summed E-state index contributed by atoms with van der Waals surface area (Å²) in [5.74, 6) is 1.55. The molecule has 1 aliphatic rings. The van der Waals surface area contributed by atoms with Crippen molar-refractivity contribution in [2.24, 2.45) is 11.8 Å². The van der Waals surface area contributed by atoms with Crippen LogP contribution in [0, 0.1) is 11.8 Å². The highest BCUT2D eigenvalue weighted by atomic mass is 16.5. The minimum Gasteiger partial charge on any atom is -0.494 e. The van der Waals surface area contributed by atoms with E-state index in [0.29, 0.717) is 38.9 Å². The summed E-state index contributed by atoms with van der Waals surface area (Å²) in [6.45, 7) is 5.67. The first-order valence-electron chi connectivity index (χ1n) is 12.7. The summed E-state index contributed by atoms with van der Waals surface area (Å²) < 4.78 is 11.3. The SMILES string of the molecule is CCCCOc1ccc(NC(=O)C2CCC(C(=O)Nc3ccc(OCCCC)cc3)CC2)cc1. The van der Waals surface area contributed by atoms with Gasteiger partial charge >= 0.3 is 0 Å². The Hall–Kier alpha value is -3.02. The van der Waals surface area contributed by atoms with Gasteiger partial charge in [0.1, 0.15) is 11.5 Å². The number of anilines is 2. The highest BCUT2D eigenvalue weighted by Gasteiger charge is 2.30. The zero-order valence-electron chi connectivity index (χ0n) is 20.5. The van der Waals surface area contributed by atoms with E-state index in [2.05, 4.69) is 24.5 Å². The number of rotatable bonds is 12. The van der Waals surface area contributed by atoms with Crippen molar-refractivity contribution in [1.82, 2.24) is 0 Å². The molecule has 184 valence electrons. The minimum atomic E-state index is -0.0657. The molecule has 0 unspecified atom stereocenters. The van der Waals surface area contributed by atoms with E-state index in [0.717, 1.165) is 48.6 Å². The Kier molecular flexibility index (Phi) is 10.3. The summed E-state index contributed by atoms with van der Waals surface area (Å²) in [6.07, 6.45) is 7.11. The quantitative estimate of drug-likeness (QED) is 0.354. The van der Waals surface area contributed by atoms with Crippen molar-refractivity contribution < 1.29 is 19.1 Å². The van der Waals surface area contributed by atoms with Gasteiger partial charge in [0.15, 0.2) is 0 Å². The van der Waals surface area contributed by atoms with Crippen LogP contribution < -0.4 is 20.1 Å². The molecule has 2 aromatic carbocycles. The fraction of sp³-hybridized carbons (Fsp3) is 0.500. The topological polar surface area (TPSA) is 76.7 Å². The van der Waals surface area contributed by atoms with Crippen molar-refractivity contribution in [1.29, 1.82) is 0 Å². The fourth-order valence-electron chi connectivity index (χ4n) is 4.04. The monoisotopic (exact) mass is 466 g/mol. The summed E-state index contributed by atoms with van der Waals surface area (Å²) in [7, 11) is 0. The van der Waals surface area contributed by atoms with Crippen molar-refractivity contribution in [2.45, 2.75) is 65.2 Å². The maximum absolute atomic E-state index is 12.7. The van der Waals surface area contributed by atoms with E-state index < -0.39 is 0 Å². The van der Waals surface area contributed by atoms with E-state index in [1.807, 2.05) is 48.5 Å². The number of hydrogen-bond acceptors (Lipinski definition) is 4. The molecule has 1 fully saturated rings. The summed E-state index contributed by atoms with van der Waals surface area (Å²) in [6, 6.07) is 15.0. The summed E-state index contributed by atoms with van der Waals surface area (Å²) in [5.41, 5.74) is 1.55. The lowest BCUT2D eigenvalue weighted by Crippen LogP contribution is -2.32. The lowest BCUT2D eigenvalue weighted by atomic mass is 9.81. The van der Waals surface area contributed by atoms with Gasteiger partial charge in [-0.1, -0.05) is 26.7 Å². The molecule has 1 aliphatic carbocycles. The second kappa shape index (κ2) is 13.6. The smallest absolute Gasteiger partial charge is 0.227 e. The Labute approximate surface area is 203 Å². The normalized spacial score (nSPS) is 17.6. The Balaban J connectivity index is 1.40. The third kappa shape index (κ3) is 8.08. The van der Waals surface area contributed by atoms with Gasteiger partial charge in [0.05, 0.1) is 13.2 Å². The van der Waals surface area contributed by atoms with Crippen LogP contribution in [-0.2, 0) is 9.59 Å². The van der Waals surface area contributed by atoms with E-state index in [1.54, 1.807) is 0 Å². The van der Waals surface area contributed by atoms with Gasteiger partial charge in [0.25, 0.3) is 0 Å². The Morgan fingerprint density at radius 3 is 1.35 bits per heavy atom. The Morgan fingerprint density at radius 1 is 0.676 bits per heavy atom. The third-order valence-electron chi connectivity index (χ3n) is 6.25. The van der Waals surface area contributed by atoms with Crippen LogP contribution in [0.15, 0.2) is 48.5 Å². The van der Waals surface area contributed by atoms with Crippen LogP contribution in [-0.4, -0.2) is 25.0 Å². The average molecular weight is 467 g/mol. The molecular weight excluding hydrogens is 428 g/mol. The van der Waals surface area contributed by atoms with Crippen molar-refractivity contribution in [3.63, 3.8) is 0 Å². The molecule has 3 rings (SSSR count). The van der Waals surface area contributed by atoms with Crippen LogP contribution >= 0.6 is 0 Å². The number of benzene rings is 2. The zero-order chi connectivity index (χ0) is 24.2. The maximum Gasteiger partial charge on any atom is 0.227 e. The first-order chi connectivity index (χ1) is 16.6. The summed E-state index contributed by atoms with van der Waals surface area (Å²) in [5, 5.41) is 6.01. The Bertz CT molecular complexity index is 812. The van der Waals surface area contributed by atoms with Crippen LogP contribution in [0.1, 0.15) is 65.2 Å². The number of carbonyl (C=O) groups excluding carboxylic acids is 2. The second-order valence-electron chi connectivity index (χ2n) is 8.98. The third-order valence-corrected chi connectivity index (χ3v) is 6.25. The molecule has 34 heavy (non-hydrogen) atoms. The number of carbonyl (C=O) groups is 2. The molecule has 0 spiro atoms. The van der Waals surface area contributed by atoms with E-state index in [9.17, 15) is 9.59 Å².